The Morgan fingerprint density at radius 2 is 2.20 bits per heavy atom. The Labute approximate surface area is 92.1 Å². The van der Waals surface area contributed by atoms with Gasteiger partial charge in [0.25, 0.3) is 0 Å². The first kappa shape index (κ1) is 9.33. The second kappa shape index (κ2) is 3.59. The minimum absolute atomic E-state index is 0.373. The van der Waals surface area contributed by atoms with E-state index < -0.39 is 6.29 Å². The number of ether oxygens (including phenoxy) is 1. The molecule has 1 N–H and O–H groups in total. The Hall–Kier alpha value is -0.900. The van der Waals surface area contributed by atoms with Gasteiger partial charge in [-0.2, -0.15) is 0 Å². The van der Waals surface area contributed by atoms with Crippen LogP contribution in [-0.4, -0.2) is 18.0 Å². The van der Waals surface area contributed by atoms with Gasteiger partial charge < -0.3 is 9.84 Å². The number of aliphatic hydroxyl groups excluding tert-OH is 1. The summed E-state index contributed by atoms with van der Waals surface area (Å²) < 4.78 is 6.49. The van der Waals surface area contributed by atoms with Crippen molar-refractivity contribution < 1.29 is 9.84 Å². The molecule has 0 aliphatic carbocycles. The van der Waals surface area contributed by atoms with Crippen molar-refractivity contribution in [2.75, 3.05) is 6.61 Å². The summed E-state index contributed by atoms with van der Waals surface area (Å²) in [6, 6.07) is 10.6. The lowest BCUT2D eigenvalue weighted by Crippen LogP contribution is -2.00. The fraction of sp³-hybridized carbons (Fsp3) is 0.333. The van der Waals surface area contributed by atoms with Crippen LogP contribution >= 0.6 is 11.3 Å². The van der Waals surface area contributed by atoms with Gasteiger partial charge in [-0.05, 0) is 17.5 Å². The van der Waals surface area contributed by atoms with E-state index in [2.05, 4.69) is 30.3 Å². The number of fused-ring (bicyclic) bond motifs is 1. The number of benzene rings is 1. The third kappa shape index (κ3) is 1.67. The van der Waals surface area contributed by atoms with E-state index in [4.69, 9.17) is 4.74 Å². The fourth-order valence-corrected chi connectivity index (χ4v) is 3.17. The van der Waals surface area contributed by atoms with E-state index in [0.717, 1.165) is 6.42 Å². The molecule has 78 valence electrons. The number of hydrogen-bond donors (Lipinski definition) is 1. The van der Waals surface area contributed by atoms with E-state index in [9.17, 15) is 5.11 Å². The van der Waals surface area contributed by atoms with Crippen molar-refractivity contribution in [3.63, 3.8) is 0 Å². The molecule has 2 heterocycles. The van der Waals surface area contributed by atoms with Gasteiger partial charge in [0.2, 0.25) is 0 Å². The maximum Gasteiger partial charge on any atom is 0.155 e. The smallest absolute Gasteiger partial charge is 0.155 e. The van der Waals surface area contributed by atoms with Crippen molar-refractivity contribution in [3.05, 3.63) is 35.2 Å². The molecule has 0 saturated carbocycles. The lowest BCUT2D eigenvalue weighted by atomic mass is 10.1. The van der Waals surface area contributed by atoms with Gasteiger partial charge in [-0.15, -0.1) is 11.3 Å². The van der Waals surface area contributed by atoms with Crippen LogP contribution in [0, 0.1) is 0 Å². The monoisotopic (exact) mass is 220 g/mol. The predicted molar refractivity (Wildman–Crippen MR) is 61.1 cm³/mol. The summed E-state index contributed by atoms with van der Waals surface area (Å²) in [4.78, 5) is 1.33. The summed E-state index contributed by atoms with van der Waals surface area (Å²) in [6.07, 6.45) is 0.160. The highest BCUT2D eigenvalue weighted by Gasteiger charge is 2.26. The van der Waals surface area contributed by atoms with Gasteiger partial charge in [0.05, 0.1) is 6.61 Å². The van der Waals surface area contributed by atoms with E-state index in [-0.39, 0.29) is 0 Å². The molecule has 3 heteroatoms. The number of hydrogen-bond acceptors (Lipinski definition) is 3. The topological polar surface area (TPSA) is 29.5 Å². The Morgan fingerprint density at radius 1 is 1.33 bits per heavy atom. The highest BCUT2D eigenvalue weighted by molar-refractivity contribution is 7.19. The van der Waals surface area contributed by atoms with Crippen molar-refractivity contribution in [2.45, 2.75) is 18.6 Å². The van der Waals surface area contributed by atoms with E-state index in [1.807, 2.05) is 0 Å². The van der Waals surface area contributed by atoms with Crippen molar-refractivity contribution in [1.29, 1.82) is 0 Å². The summed E-state index contributed by atoms with van der Waals surface area (Å²) >= 11 is 1.81. The molecule has 0 spiro atoms. The number of thiophene rings is 1. The predicted octanol–water partition coefficient (Wildman–Crippen LogP) is 2.72. The lowest BCUT2D eigenvalue weighted by molar-refractivity contribution is -0.0589. The molecule has 1 aliphatic rings. The first-order chi connectivity index (χ1) is 7.33. The second-order valence-corrected chi connectivity index (χ2v) is 5.02. The van der Waals surface area contributed by atoms with Crippen LogP contribution in [0.4, 0.5) is 0 Å². The zero-order valence-corrected chi connectivity index (χ0v) is 9.04. The van der Waals surface area contributed by atoms with Gasteiger partial charge in [0, 0.05) is 21.9 Å². The molecule has 1 aromatic carbocycles. The van der Waals surface area contributed by atoms with E-state index in [0.29, 0.717) is 12.5 Å². The summed E-state index contributed by atoms with van der Waals surface area (Å²) in [5.74, 6) is 0.373. The van der Waals surface area contributed by atoms with E-state index >= 15 is 0 Å². The van der Waals surface area contributed by atoms with E-state index in [1.54, 1.807) is 11.3 Å². The third-order valence-corrected chi connectivity index (χ3v) is 4.10. The zero-order chi connectivity index (χ0) is 10.3. The largest absolute Gasteiger partial charge is 0.368 e. The van der Waals surface area contributed by atoms with Crippen LogP contribution in [0.2, 0.25) is 0 Å². The Bertz CT molecular complexity index is 444. The summed E-state index contributed by atoms with van der Waals surface area (Å²) in [5.41, 5.74) is 0. The number of rotatable bonds is 1. The molecule has 0 amide bonds. The molecule has 1 aromatic heterocycles. The Kier molecular flexibility index (Phi) is 2.24. The summed E-state index contributed by atoms with van der Waals surface area (Å²) in [7, 11) is 0. The standard InChI is InChI=1S/C12H12O2S/c13-12-6-9(7-14-12)11-5-8-3-1-2-4-10(8)15-11/h1-5,9,12-13H,6-7H2. The average molecular weight is 220 g/mol. The second-order valence-electron chi connectivity index (χ2n) is 3.91. The molecule has 2 unspecified atom stereocenters. The van der Waals surface area contributed by atoms with Crippen LogP contribution in [0.5, 0.6) is 0 Å². The fourth-order valence-electron chi connectivity index (χ4n) is 2.01. The number of aliphatic hydroxyl groups is 1. The molecule has 2 aromatic rings. The first-order valence-electron chi connectivity index (χ1n) is 5.11. The minimum Gasteiger partial charge on any atom is -0.368 e. The summed E-state index contributed by atoms with van der Waals surface area (Å²) in [6.45, 7) is 0.647. The maximum absolute atomic E-state index is 9.32. The molecular formula is C12H12O2S. The zero-order valence-electron chi connectivity index (χ0n) is 8.22. The molecule has 0 bridgehead atoms. The van der Waals surface area contributed by atoms with Crippen LogP contribution < -0.4 is 0 Å². The van der Waals surface area contributed by atoms with Gasteiger partial charge in [-0.3, -0.25) is 0 Å². The Balaban J connectivity index is 1.98. The van der Waals surface area contributed by atoms with Crippen molar-refractivity contribution >= 4 is 21.4 Å². The molecule has 2 atom stereocenters. The van der Waals surface area contributed by atoms with Crippen LogP contribution in [0.1, 0.15) is 17.2 Å². The Morgan fingerprint density at radius 3 is 2.93 bits per heavy atom. The molecule has 3 rings (SSSR count). The average Bonchev–Trinajstić information content (AvgIpc) is 2.82. The van der Waals surface area contributed by atoms with Gasteiger partial charge >= 0.3 is 0 Å². The minimum atomic E-state index is -0.569. The van der Waals surface area contributed by atoms with Crippen molar-refractivity contribution in [2.24, 2.45) is 0 Å². The van der Waals surface area contributed by atoms with Crippen molar-refractivity contribution in [3.8, 4) is 0 Å². The third-order valence-electron chi connectivity index (χ3n) is 2.82. The van der Waals surface area contributed by atoms with E-state index in [1.165, 1.54) is 15.0 Å². The first-order valence-corrected chi connectivity index (χ1v) is 5.93. The molecule has 0 radical (unpaired) electrons. The van der Waals surface area contributed by atoms with Crippen LogP contribution in [0.25, 0.3) is 10.1 Å². The van der Waals surface area contributed by atoms with Crippen LogP contribution in [0.3, 0.4) is 0 Å². The quantitative estimate of drug-likeness (QED) is 0.800. The molecular weight excluding hydrogens is 208 g/mol. The van der Waals surface area contributed by atoms with Gasteiger partial charge in [0.1, 0.15) is 0 Å². The highest BCUT2D eigenvalue weighted by atomic mass is 32.1. The SMILES string of the molecule is OC1CC(c2cc3ccccc3s2)CO1. The summed E-state index contributed by atoms with van der Waals surface area (Å²) in [5, 5.41) is 10.6. The van der Waals surface area contributed by atoms with Crippen LogP contribution in [0.15, 0.2) is 30.3 Å². The van der Waals surface area contributed by atoms with Gasteiger partial charge in [0.15, 0.2) is 6.29 Å². The molecule has 1 saturated heterocycles. The van der Waals surface area contributed by atoms with Crippen molar-refractivity contribution in [1.82, 2.24) is 0 Å². The van der Waals surface area contributed by atoms with Crippen LogP contribution in [-0.2, 0) is 4.74 Å². The van der Waals surface area contributed by atoms with Gasteiger partial charge in [-0.25, -0.2) is 0 Å². The molecule has 2 nitrogen and oxygen atoms in total. The molecule has 1 aliphatic heterocycles. The molecule has 15 heavy (non-hydrogen) atoms. The van der Waals surface area contributed by atoms with Gasteiger partial charge in [-0.1, -0.05) is 18.2 Å². The normalized spacial score (nSPS) is 26.2. The molecule has 1 fully saturated rings. The maximum atomic E-state index is 9.32. The lowest BCUT2D eigenvalue weighted by Gasteiger charge is -2.01. The highest BCUT2D eigenvalue weighted by Crippen LogP contribution is 2.36.